The van der Waals surface area contributed by atoms with Crippen molar-refractivity contribution in [2.24, 2.45) is 0 Å². The largest absolute Gasteiger partial charge is 0.362 e. The molecule has 0 saturated carbocycles. The van der Waals surface area contributed by atoms with Crippen molar-refractivity contribution in [3.63, 3.8) is 0 Å². The molecule has 90 valence electrons. The smallest absolute Gasteiger partial charge is 0.255 e. The Morgan fingerprint density at radius 1 is 1.25 bits per heavy atom. The second-order valence-electron chi connectivity index (χ2n) is 4.28. The second kappa shape index (κ2) is 5.73. The third-order valence-electron chi connectivity index (χ3n) is 2.65. The van der Waals surface area contributed by atoms with Gasteiger partial charge in [-0.2, -0.15) is 0 Å². The summed E-state index contributed by atoms with van der Waals surface area (Å²) in [6, 6.07) is 1.94. The standard InChI is InChI=1S/C13H22N2O/c1-5-7-15(8-6-2)13(16)12-9-10(3)14-11(12)4/h9,14H,5-8H2,1-4H3. The maximum Gasteiger partial charge on any atom is 0.255 e. The van der Waals surface area contributed by atoms with Crippen molar-refractivity contribution in [2.75, 3.05) is 13.1 Å². The molecular weight excluding hydrogens is 200 g/mol. The normalized spacial score (nSPS) is 10.5. The lowest BCUT2D eigenvalue weighted by atomic mass is 10.2. The minimum atomic E-state index is 0.158. The van der Waals surface area contributed by atoms with Crippen LogP contribution < -0.4 is 0 Å². The molecular formula is C13H22N2O. The Labute approximate surface area is 97.8 Å². The summed E-state index contributed by atoms with van der Waals surface area (Å²) in [5.41, 5.74) is 2.84. The summed E-state index contributed by atoms with van der Waals surface area (Å²) in [6.45, 7) is 9.83. The number of amides is 1. The van der Waals surface area contributed by atoms with E-state index >= 15 is 0 Å². The fourth-order valence-electron chi connectivity index (χ4n) is 1.97. The highest BCUT2D eigenvalue weighted by atomic mass is 16.2. The number of carbonyl (C=O) groups is 1. The lowest BCUT2D eigenvalue weighted by molar-refractivity contribution is 0.0755. The summed E-state index contributed by atoms with van der Waals surface area (Å²) in [4.78, 5) is 17.4. The molecule has 0 fully saturated rings. The Balaban J connectivity index is 2.85. The Bertz CT molecular complexity index is 349. The molecule has 0 atom stereocenters. The quantitative estimate of drug-likeness (QED) is 0.817. The molecule has 1 aromatic heterocycles. The molecule has 0 aromatic carbocycles. The van der Waals surface area contributed by atoms with Gasteiger partial charge in [-0.1, -0.05) is 13.8 Å². The van der Waals surface area contributed by atoms with E-state index in [0.717, 1.165) is 42.9 Å². The number of aryl methyl sites for hydroxylation is 2. The molecule has 1 aromatic rings. The van der Waals surface area contributed by atoms with Crippen molar-refractivity contribution in [3.05, 3.63) is 23.0 Å². The fraction of sp³-hybridized carbons (Fsp3) is 0.615. The number of nitrogens with zero attached hydrogens (tertiary/aromatic N) is 1. The SMILES string of the molecule is CCCN(CCC)C(=O)c1cc(C)[nH]c1C. The van der Waals surface area contributed by atoms with Crippen LogP contribution in [0.3, 0.4) is 0 Å². The third kappa shape index (κ3) is 2.87. The van der Waals surface area contributed by atoms with Crippen molar-refractivity contribution in [1.29, 1.82) is 0 Å². The van der Waals surface area contributed by atoms with Gasteiger partial charge in [-0.15, -0.1) is 0 Å². The zero-order chi connectivity index (χ0) is 12.1. The van der Waals surface area contributed by atoms with Crippen LogP contribution in [-0.2, 0) is 0 Å². The molecule has 0 aliphatic rings. The minimum Gasteiger partial charge on any atom is -0.362 e. The van der Waals surface area contributed by atoms with Crippen LogP contribution in [-0.4, -0.2) is 28.9 Å². The number of aromatic amines is 1. The Morgan fingerprint density at radius 3 is 2.19 bits per heavy atom. The lowest BCUT2D eigenvalue weighted by Crippen LogP contribution is -2.32. The summed E-state index contributed by atoms with van der Waals surface area (Å²) in [6.07, 6.45) is 2.02. The molecule has 1 amide bonds. The van der Waals surface area contributed by atoms with E-state index in [2.05, 4.69) is 18.8 Å². The molecule has 16 heavy (non-hydrogen) atoms. The Morgan fingerprint density at radius 2 is 1.81 bits per heavy atom. The second-order valence-corrected chi connectivity index (χ2v) is 4.28. The molecule has 0 aliphatic heterocycles. The summed E-state index contributed by atoms with van der Waals surface area (Å²) in [5.74, 6) is 0.158. The summed E-state index contributed by atoms with van der Waals surface area (Å²) in [5, 5.41) is 0. The molecule has 3 heteroatoms. The lowest BCUT2D eigenvalue weighted by Gasteiger charge is -2.21. The number of nitrogens with one attached hydrogen (secondary N) is 1. The van der Waals surface area contributed by atoms with Gasteiger partial charge in [-0.25, -0.2) is 0 Å². The van der Waals surface area contributed by atoms with Crippen molar-refractivity contribution >= 4 is 5.91 Å². The van der Waals surface area contributed by atoms with Crippen LogP contribution in [0.2, 0.25) is 0 Å². The van der Waals surface area contributed by atoms with E-state index in [4.69, 9.17) is 0 Å². The zero-order valence-corrected chi connectivity index (χ0v) is 10.8. The van der Waals surface area contributed by atoms with Crippen molar-refractivity contribution < 1.29 is 4.79 Å². The van der Waals surface area contributed by atoms with Gasteiger partial charge in [0.05, 0.1) is 5.56 Å². The number of carbonyl (C=O) groups excluding carboxylic acids is 1. The molecule has 1 heterocycles. The highest BCUT2D eigenvalue weighted by Gasteiger charge is 2.17. The van der Waals surface area contributed by atoms with Gasteiger partial charge < -0.3 is 9.88 Å². The molecule has 3 nitrogen and oxygen atoms in total. The Hall–Kier alpha value is -1.25. The van der Waals surface area contributed by atoms with Crippen molar-refractivity contribution in [1.82, 2.24) is 9.88 Å². The molecule has 0 aliphatic carbocycles. The monoisotopic (exact) mass is 222 g/mol. The van der Waals surface area contributed by atoms with Gasteiger partial charge in [0.1, 0.15) is 0 Å². The number of hydrogen-bond acceptors (Lipinski definition) is 1. The maximum atomic E-state index is 12.3. The first-order valence-corrected chi connectivity index (χ1v) is 6.05. The van der Waals surface area contributed by atoms with Gasteiger partial charge in [-0.3, -0.25) is 4.79 Å². The number of aromatic nitrogens is 1. The van der Waals surface area contributed by atoms with E-state index in [1.807, 2.05) is 24.8 Å². The first kappa shape index (κ1) is 12.8. The van der Waals surface area contributed by atoms with Crippen molar-refractivity contribution in [3.8, 4) is 0 Å². The predicted molar refractivity (Wildman–Crippen MR) is 66.8 cm³/mol. The number of hydrogen-bond donors (Lipinski definition) is 1. The minimum absolute atomic E-state index is 0.158. The molecule has 1 N–H and O–H groups in total. The van der Waals surface area contributed by atoms with Gasteiger partial charge in [-0.05, 0) is 32.8 Å². The van der Waals surface area contributed by atoms with E-state index in [9.17, 15) is 4.79 Å². The first-order valence-electron chi connectivity index (χ1n) is 6.05. The van der Waals surface area contributed by atoms with Crippen LogP contribution in [0.1, 0.15) is 48.4 Å². The van der Waals surface area contributed by atoms with Crippen LogP contribution in [0.4, 0.5) is 0 Å². The Kier molecular flexibility index (Phi) is 4.59. The predicted octanol–water partition coefficient (Wildman–Crippen LogP) is 2.89. The maximum absolute atomic E-state index is 12.3. The van der Waals surface area contributed by atoms with Crippen LogP contribution in [0, 0.1) is 13.8 Å². The van der Waals surface area contributed by atoms with E-state index in [-0.39, 0.29) is 5.91 Å². The zero-order valence-electron chi connectivity index (χ0n) is 10.8. The van der Waals surface area contributed by atoms with Crippen LogP contribution in [0.5, 0.6) is 0 Å². The molecule has 0 unspecified atom stereocenters. The van der Waals surface area contributed by atoms with Gasteiger partial charge in [0.25, 0.3) is 5.91 Å². The average molecular weight is 222 g/mol. The summed E-state index contributed by atoms with van der Waals surface area (Å²) >= 11 is 0. The summed E-state index contributed by atoms with van der Waals surface area (Å²) < 4.78 is 0. The average Bonchev–Trinajstić information content (AvgIpc) is 2.56. The highest BCUT2D eigenvalue weighted by Crippen LogP contribution is 2.13. The first-order chi connectivity index (χ1) is 7.60. The topological polar surface area (TPSA) is 36.1 Å². The number of H-pyrrole nitrogens is 1. The van der Waals surface area contributed by atoms with E-state index in [1.54, 1.807) is 0 Å². The highest BCUT2D eigenvalue weighted by molar-refractivity contribution is 5.95. The van der Waals surface area contributed by atoms with Gasteiger partial charge >= 0.3 is 0 Å². The van der Waals surface area contributed by atoms with Gasteiger partial charge in [0, 0.05) is 24.5 Å². The van der Waals surface area contributed by atoms with E-state index < -0.39 is 0 Å². The third-order valence-corrected chi connectivity index (χ3v) is 2.65. The molecule has 0 spiro atoms. The van der Waals surface area contributed by atoms with Gasteiger partial charge in [0.15, 0.2) is 0 Å². The van der Waals surface area contributed by atoms with Crippen LogP contribution in [0.15, 0.2) is 6.07 Å². The van der Waals surface area contributed by atoms with Gasteiger partial charge in [0.2, 0.25) is 0 Å². The number of rotatable bonds is 5. The fourth-order valence-corrected chi connectivity index (χ4v) is 1.97. The molecule has 0 bridgehead atoms. The summed E-state index contributed by atoms with van der Waals surface area (Å²) in [7, 11) is 0. The van der Waals surface area contributed by atoms with Crippen molar-refractivity contribution in [2.45, 2.75) is 40.5 Å². The van der Waals surface area contributed by atoms with E-state index in [0.29, 0.717) is 0 Å². The van der Waals surface area contributed by atoms with E-state index in [1.165, 1.54) is 0 Å². The van der Waals surface area contributed by atoms with Crippen LogP contribution >= 0.6 is 0 Å². The molecule has 0 radical (unpaired) electrons. The molecule has 0 saturated heterocycles. The van der Waals surface area contributed by atoms with Crippen LogP contribution in [0.25, 0.3) is 0 Å². The molecule has 1 rings (SSSR count).